The second-order valence-corrected chi connectivity index (χ2v) is 4.74. The van der Waals surface area contributed by atoms with Crippen molar-refractivity contribution in [3.63, 3.8) is 0 Å². The zero-order valence-electron chi connectivity index (χ0n) is 10.4. The van der Waals surface area contributed by atoms with E-state index in [1.54, 1.807) is 0 Å². The van der Waals surface area contributed by atoms with E-state index in [1.165, 1.54) is 18.2 Å². The molecule has 1 aromatic rings. The summed E-state index contributed by atoms with van der Waals surface area (Å²) in [6.07, 6.45) is -0.0282. The largest absolute Gasteiger partial charge is 0.374 e. The van der Waals surface area contributed by atoms with Crippen LogP contribution in [-0.2, 0) is 11.2 Å². The van der Waals surface area contributed by atoms with Gasteiger partial charge in [0, 0.05) is 24.7 Å². The molecule has 1 saturated heterocycles. The number of hydrogen-bond donors (Lipinski definition) is 1. The van der Waals surface area contributed by atoms with E-state index in [0.29, 0.717) is 13.2 Å². The molecule has 1 aliphatic heterocycles. The molecule has 0 saturated carbocycles. The normalized spacial score (nSPS) is 23.0. The first-order chi connectivity index (χ1) is 8.58. The minimum absolute atomic E-state index is 0.0434. The standard InChI is InChI=1S/C13H18F2N2O/c1-17-5-6-18-13(8-17)12(16)7-9-10(14)3-2-4-11(9)15/h2-4,12-13H,5-8,16H2,1H3. The Morgan fingerprint density at radius 1 is 1.44 bits per heavy atom. The van der Waals surface area contributed by atoms with Crippen LogP contribution in [0.15, 0.2) is 18.2 Å². The Kier molecular flexibility index (Phi) is 4.27. The van der Waals surface area contributed by atoms with E-state index in [1.807, 2.05) is 7.05 Å². The molecule has 5 heteroatoms. The molecular weight excluding hydrogens is 238 g/mol. The maximum absolute atomic E-state index is 13.5. The zero-order chi connectivity index (χ0) is 13.1. The van der Waals surface area contributed by atoms with Crippen LogP contribution >= 0.6 is 0 Å². The van der Waals surface area contributed by atoms with Gasteiger partial charge in [-0.05, 0) is 25.6 Å². The van der Waals surface area contributed by atoms with E-state index in [0.717, 1.165) is 6.54 Å². The number of likely N-dealkylation sites (N-methyl/N-ethyl adjacent to an activating group) is 1. The van der Waals surface area contributed by atoms with E-state index in [9.17, 15) is 8.78 Å². The summed E-state index contributed by atoms with van der Waals surface area (Å²) in [6.45, 7) is 2.16. The van der Waals surface area contributed by atoms with Crippen LogP contribution in [0.2, 0.25) is 0 Å². The summed E-state index contributed by atoms with van der Waals surface area (Å²) in [7, 11) is 1.98. The lowest BCUT2D eigenvalue weighted by atomic mass is 10.00. The van der Waals surface area contributed by atoms with Crippen LogP contribution in [0.25, 0.3) is 0 Å². The predicted molar refractivity (Wildman–Crippen MR) is 65.3 cm³/mol. The summed E-state index contributed by atoms with van der Waals surface area (Å²) in [5.41, 5.74) is 6.04. The van der Waals surface area contributed by atoms with Gasteiger partial charge in [-0.3, -0.25) is 0 Å². The van der Waals surface area contributed by atoms with E-state index in [-0.39, 0.29) is 18.1 Å². The van der Waals surface area contributed by atoms with Gasteiger partial charge in [0.05, 0.1) is 12.7 Å². The molecule has 1 aromatic carbocycles. The maximum Gasteiger partial charge on any atom is 0.129 e. The van der Waals surface area contributed by atoms with Gasteiger partial charge in [-0.25, -0.2) is 8.78 Å². The highest BCUT2D eigenvalue weighted by atomic mass is 19.1. The first-order valence-electron chi connectivity index (χ1n) is 6.06. The van der Waals surface area contributed by atoms with Gasteiger partial charge in [-0.1, -0.05) is 6.07 Å². The molecule has 0 spiro atoms. The quantitative estimate of drug-likeness (QED) is 0.882. The minimum atomic E-state index is -0.547. The number of nitrogens with zero attached hydrogens (tertiary/aromatic N) is 1. The van der Waals surface area contributed by atoms with Gasteiger partial charge < -0.3 is 15.4 Å². The molecule has 1 fully saturated rings. The third-order valence-corrected chi connectivity index (χ3v) is 3.28. The first kappa shape index (κ1) is 13.4. The molecule has 0 radical (unpaired) electrons. The van der Waals surface area contributed by atoms with Crippen molar-refractivity contribution in [2.24, 2.45) is 5.73 Å². The minimum Gasteiger partial charge on any atom is -0.374 e. The highest BCUT2D eigenvalue weighted by molar-refractivity contribution is 5.21. The highest BCUT2D eigenvalue weighted by Crippen LogP contribution is 2.16. The van der Waals surface area contributed by atoms with Crippen molar-refractivity contribution in [2.45, 2.75) is 18.6 Å². The highest BCUT2D eigenvalue weighted by Gasteiger charge is 2.25. The lowest BCUT2D eigenvalue weighted by Gasteiger charge is -2.33. The molecule has 0 bridgehead atoms. The average molecular weight is 256 g/mol. The van der Waals surface area contributed by atoms with Crippen molar-refractivity contribution < 1.29 is 13.5 Å². The van der Waals surface area contributed by atoms with Gasteiger partial charge >= 0.3 is 0 Å². The molecule has 1 aliphatic rings. The Labute approximate surface area is 106 Å². The second kappa shape index (κ2) is 5.73. The second-order valence-electron chi connectivity index (χ2n) is 4.74. The van der Waals surface area contributed by atoms with Crippen molar-refractivity contribution >= 4 is 0 Å². The van der Waals surface area contributed by atoms with E-state index in [4.69, 9.17) is 10.5 Å². The molecule has 0 aromatic heterocycles. The van der Waals surface area contributed by atoms with E-state index in [2.05, 4.69) is 4.90 Å². The smallest absolute Gasteiger partial charge is 0.129 e. The predicted octanol–water partition coefficient (Wildman–Crippen LogP) is 1.17. The molecule has 100 valence electrons. The van der Waals surface area contributed by atoms with Crippen molar-refractivity contribution in [1.29, 1.82) is 0 Å². The summed E-state index contributed by atoms with van der Waals surface area (Å²) in [4.78, 5) is 2.10. The van der Waals surface area contributed by atoms with Crippen LogP contribution in [-0.4, -0.2) is 43.8 Å². The number of rotatable bonds is 3. The fraction of sp³-hybridized carbons (Fsp3) is 0.538. The molecule has 3 nitrogen and oxygen atoms in total. The number of morpholine rings is 1. The van der Waals surface area contributed by atoms with Crippen molar-refractivity contribution in [2.75, 3.05) is 26.7 Å². The Morgan fingerprint density at radius 2 is 2.11 bits per heavy atom. The average Bonchev–Trinajstić information content (AvgIpc) is 2.34. The molecule has 1 heterocycles. The Hall–Kier alpha value is -1.04. The number of halogens is 2. The zero-order valence-corrected chi connectivity index (χ0v) is 10.4. The van der Waals surface area contributed by atoms with Crippen molar-refractivity contribution in [1.82, 2.24) is 4.90 Å². The lowest BCUT2D eigenvalue weighted by molar-refractivity contribution is -0.0321. The third-order valence-electron chi connectivity index (χ3n) is 3.28. The van der Waals surface area contributed by atoms with Gasteiger partial charge in [0.25, 0.3) is 0 Å². The summed E-state index contributed by atoms with van der Waals surface area (Å²) >= 11 is 0. The topological polar surface area (TPSA) is 38.5 Å². The van der Waals surface area contributed by atoms with Crippen molar-refractivity contribution in [3.8, 4) is 0 Å². The third kappa shape index (κ3) is 3.04. The molecule has 2 atom stereocenters. The number of hydrogen-bond acceptors (Lipinski definition) is 3. The first-order valence-corrected chi connectivity index (χ1v) is 6.06. The van der Waals surface area contributed by atoms with Crippen LogP contribution in [0.5, 0.6) is 0 Å². The van der Waals surface area contributed by atoms with Gasteiger partial charge in [-0.2, -0.15) is 0 Å². The van der Waals surface area contributed by atoms with Gasteiger partial charge in [0.1, 0.15) is 11.6 Å². The Morgan fingerprint density at radius 3 is 2.72 bits per heavy atom. The van der Waals surface area contributed by atoms with E-state index < -0.39 is 17.7 Å². The van der Waals surface area contributed by atoms with Gasteiger partial charge in [-0.15, -0.1) is 0 Å². The molecule has 2 unspecified atom stereocenters. The fourth-order valence-electron chi connectivity index (χ4n) is 2.16. The number of ether oxygens (including phenoxy) is 1. The molecule has 2 rings (SSSR count). The van der Waals surface area contributed by atoms with Crippen LogP contribution < -0.4 is 5.73 Å². The fourth-order valence-corrected chi connectivity index (χ4v) is 2.16. The number of nitrogens with two attached hydrogens (primary N) is 1. The summed E-state index contributed by atoms with van der Waals surface area (Å²) in [5.74, 6) is -1.09. The summed E-state index contributed by atoms with van der Waals surface area (Å²) in [5, 5.41) is 0. The van der Waals surface area contributed by atoms with Gasteiger partial charge in [0.2, 0.25) is 0 Å². The van der Waals surface area contributed by atoms with Gasteiger partial charge in [0.15, 0.2) is 0 Å². The maximum atomic E-state index is 13.5. The molecule has 2 N–H and O–H groups in total. The summed E-state index contributed by atoms with van der Waals surface area (Å²) < 4.78 is 32.6. The van der Waals surface area contributed by atoms with Crippen LogP contribution in [0, 0.1) is 11.6 Å². The van der Waals surface area contributed by atoms with E-state index >= 15 is 0 Å². The monoisotopic (exact) mass is 256 g/mol. The van der Waals surface area contributed by atoms with Crippen LogP contribution in [0.1, 0.15) is 5.56 Å². The summed E-state index contributed by atoms with van der Waals surface area (Å²) in [6, 6.07) is 3.45. The molecule has 0 aliphatic carbocycles. The van der Waals surface area contributed by atoms with Crippen LogP contribution in [0.4, 0.5) is 8.78 Å². The molecular formula is C13H18F2N2O. The van der Waals surface area contributed by atoms with Crippen molar-refractivity contribution in [3.05, 3.63) is 35.4 Å². The molecule has 0 amide bonds. The SMILES string of the molecule is CN1CCOC(C(N)Cc2c(F)cccc2F)C1. The Balaban J connectivity index is 2.04. The Bertz CT molecular complexity index is 394. The lowest BCUT2D eigenvalue weighted by Crippen LogP contribution is -2.50. The molecule has 18 heavy (non-hydrogen) atoms. The number of benzene rings is 1. The van der Waals surface area contributed by atoms with Crippen LogP contribution in [0.3, 0.4) is 0 Å².